The second-order valence-corrected chi connectivity index (χ2v) is 4.74. The number of carbonyl (C=O) groups excluding carboxylic acids is 1. The number of carbonyl (C=O) groups is 2. The molecule has 0 aliphatic rings. The number of nitrogens with one attached hydrogen (secondary N) is 2. The molecule has 0 unspecified atom stereocenters. The minimum Gasteiger partial charge on any atom is -0.480 e. The summed E-state index contributed by atoms with van der Waals surface area (Å²) in [6.07, 6.45) is 4.62. The predicted molar refractivity (Wildman–Crippen MR) is 73.1 cm³/mol. The number of imidazole rings is 1. The van der Waals surface area contributed by atoms with Crippen molar-refractivity contribution in [3.63, 3.8) is 0 Å². The van der Waals surface area contributed by atoms with Gasteiger partial charge >= 0.3 is 5.97 Å². The molecule has 2 aromatic rings. The van der Waals surface area contributed by atoms with Crippen molar-refractivity contribution < 1.29 is 14.7 Å². The first-order valence-electron chi connectivity index (χ1n) is 5.69. The predicted octanol–water partition coefficient (Wildman–Crippen LogP) is 0.993. The van der Waals surface area contributed by atoms with E-state index in [2.05, 4.69) is 36.2 Å². The van der Waals surface area contributed by atoms with Gasteiger partial charge in [-0.1, -0.05) is 0 Å². The van der Waals surface area contributed by atoms with Crippen LogP contribution in [-0.2, 0) is 11.2 Å². The van der Waals surface area contributed by atoms with Crippen molar-refractivity contribution in [2.45, 2.75) is 12.5 Å². The lowest BCUT2D eigenvalue weighted by atomic mass is 10.1. The molecule has 2 rings (SSSR count). The SMILES string of the molecule is O=C(N[C@@H](Cc1cnc[nH]1)C(=O)O)c1cccnc1Br. The van der Waals surface area contributed by atoms with E-state index in [-0.39, 0.29) is 12.0 Å². The number of carboxylic acid groups (broad SMARTS) is 1. The standard InChI is InChI=1S/C12H11BrN4O3/c13-10-8(2-1-3-15-10)11(18)17-9(12(19)20)4-7-5-14-6-16-7/h1-3,5-6,9H,4H2,(H,14,16)(H,17,18)(H,19,20)/t9-/m0/s1. The topological polar surface area (TPSA) is 108 Å². The molecule has 3 N–H and O–H groups in total. The van der Waals surface area contributed by atoms with Crippen LogP contribution < -0.4 is 5.32 Å². The number of hydrogen-bond acceptors (Lipinski definition) is 4. The summed E-state index contributed by atoms with van der Waals surface area (Å²) in [6, 6.07) is 2.11. The highest BCUT2D eigenvalue weighted by molar-refractivity contribution is 9.10. The average Bonchev–Trinajstić information content (AvgIpc) is 2.91. The van der Waals surface area contributed by atoms with Crippen LogP contribution in [0.5, 0.6) is 0 Å². The number of rotatable bonds is 5. The van der Waals surface area contributed by atoms with E-state index < -0.39 is 17.9 Å². The molecule has 2 aromatic heterocycles. The van der Waals surface area contributed by atoms with Crippen LogP contribution in [0.4, 0.5) is 0 Å². The third-order valence-corrected chi connectivity index (χ3v) is 3.22. The monoisotopic (exact) mass is 338 g/mol. The molecule has 0 radical (unpaired) electrons. The van der Waals surface area contributed by atoms with Gasteiger partial charge in [0.25, 0.3) is 5.91 Å². The van der Waals surface area contributed by atoms with Crippen LogP contribution in [0.25, 0.3) is 0 Å². The van der Waals surface area contributed by atoms with Gasteiger partial charge in [0.05, 0.1) is 11.9 Å². The summed E-state index contributed by atoms with van der Waals surface area (Å²) in [7, 11) is 0. The summed E-state index contributed by atoms with van der Waals surface area (Å²) in [5, 5.41) is 11.6. The molecule has 2 heterocycles. The van der Waals surface area contributed by atoms with Gasteiger partial charge in [-0.2, -0.15) is 0 Å². The fraction of sp³-hybridized carbons (Fsp3) is 0.167. The lowest BCUT2D eigenvalue weighted by molar-refractivity contribution is -0.139. The molecule has 0 saturated heterocycles. The Labute approximate surface area is 122 Å². The van der Waals surface area contributed by atoms with Gasteiger partial charge in [0.15, 0.2) is 0 Å². The number of H-pyrrole nitrogens is 1. The Morgan fingerprint density at radius 1 is 1.50 bits per heavy atom. The zero-order valence-corrected chi connectivity index (χ0v) is 11.8. The van der Waals surface area contributed by atoms with E-state index in [1.54, 1.807) is 12.1 Å². The van der Waals surface area contributed by atoms with Gasteiger partial charge in [0.2, 0.25) is 0 Å². The number of hydrogen-bond donors (Lipinski definition) is 3. The molecule has 0 bridgehead atoms. The summed E-state index contributed by atoms with van der Waals surface area (Å²) in [5.74, 6) is -1.62. The Bertz CT molecular complexity index is 615. The lowest BCUT2D eigenvalue weighted by Crippen LogP contribution is -2.42. The molecule has 1 atom stereocenters. The van der Waals surface area contributed by atoms with E-state index in [0.717, 1.165) is 0 Å². The van der Waals surface area contributed by atoms with Crippen LogP contribution in [0.15, 0.2) is 35.5 Å². The number of aliphatic carboxylic acids is 1. The maximum atomic E-state index is 12.0. The second kappa shape index (κ2) is 6.29. The van der Waals surface area contributed by atoms with Crippen molar-refractivity contribution in [3.05, 3.63) is 46.7 Å². The number of nitrogens with zero attached hydrogens (tertiary/aromatic N) is 2. The van der Waals surface area contributed by atoms with Crippen LogP contribution in [-0.4, -0.2) is 38.0 Å². The Morgan fingerprint density at radius 3 is 2.90 bits per heavy atom. The molecule has 0 aliphatic carbocycles. The van der Waals surface area contributed by atoms with Crippen molar-refractivity contribution in [3.8, 4) is 0 Å². The minimum atomic E-state index is -1.12. The van der Waals surface area contributed by atoms with Crippen molar-refractivity contribution in [1.82, 2.24) is 20.3 Å². The molecule has 7 nitrogen and oxygen atoms in total. The summed E-state index contributed by atoms with van der Waals surface area (Å²) in [6.45, 7) is 0. The molecule has 8 heteroatoms. The lowest BCUT2D eigenvalue weighted by Gasteiger charge is -2.14. The van der Waals surface area contributed by atoms with E-state index in [1.807, 2.05) is 0 Å². The Morgan fingerprint density at radius 2 is 2.30 bits per heavy atom. The number of aromatic nitrogens is 3. The molecule has 0 saturated carbocycles. The van der Waals surface area contributed by atoms with Crippen molar-refractivity contribution in [2.24, 2.45) is 0 Å². The normalized spacial score (nSPS) is 11.8. The first kappa shape index (κ1) is 14.2. The molecular weight excluding hydrogens is 328 g/mol. The number of pyridine rings is 1. The number of aromatic amines is 1. The number of carboxylic acids is 1. The fourth-order valence-corrected chi connectivity index (χ4v) is 2.04. The summed E-state index contributed by atoms with van der Waals surface area (Å²) < 4.78 is 0.364. The third kappa shape index (κ3) is 3.41. The van der Waals surface area contributed by atoms with E-state index in [9.17, 15) is 9.59 Å². The molecule has 0 spiro atoms. The van der Waals surface area contributed by atoms with Gasteiger partial charge in [-0.3, -0.25) is 4.79 Å². The van der Waals surface area contributed by atoms with Crippen LogP contribution >= 0.6 is 15.9 Å². The first-order valence-corrected chi connectivity index (χ1v) is 6.48. The second-order valence-electron chi connectivity index (χ2n) is 3.99. The van der Waals surface area contributed by atoms with Crippen LogP contribution in [0.3, 0.4) is 0 Å². The molecular formula is C12H11BrN4O3. The summed E-state index contributed by atoms with van der Waals surface area (Å²) in [4.78, 5) is 33.8. The average molecular weight is 339 g/mol. The Balaban J connectivity index is 2.10. The van der Waals surface area contributed by atoms with Gasteiger partial charge in [-0.05, 0) is 28.1 Å². The molecule has 104 valence electrons. The Kier molecular flexibility index (Phi) is 4.46. The van der Waals surface area contributed by atoms with Crippen LogP contribution in [0, 0.1) is 0 Å². The Hall–Kier alpha value is -2.22. The molecule has 0 aromatic carbocycles. The molecule has 0 fully saturated rings. The fourth-order valence-electron chi connectivity index (χ4n) is 1.61. The van der Waals surface area contributed by atoms with Crippen LogP contribution in [0.1, 0.15) is 16.1 Å². The summed E-state index contributed by atoms with van der Waals surface area (Å²) >= 11 is 3.15. The minimum absolute atomic E-state index is 0.124. The highest BCUT2D eigenvalue weighted by Gasteiger charge is 2.22. The van der Waals surface area contributed by atoms with Gasteiger partial charge in [-0.25, -0.2) is 14.8 Å². The zero-order valence-electron chi connectivity index (χ0n) is 10.2. The first-order chi connectivity index (χ1) is 9.58. The quantitative estimate of drug-likeness (QED) is 0.704. The van der Waals surface area contributed by atoms with E-state index in [0.29, 0.717) is 10.3 Å². The number of halogens is 1. The smallest absolute Gasteiger partial charge is 0.326 e. The van der Waals surface area contributed by atoms with Gasteiger partial charge in [0, 0.05) is 24.5 Å². The van der Waals surface area contributed by atoms with E-state index in [4.69, 9.17) is 5.11 Å². The van der Waals surface area contributed by atoms with Gasteiger partial charge < -0.3 is 15.4 Å². The van der Waals surface area contributed by atoms with Gasteiger partial charge in [0.1, 0.15) is 10.6 Å². The maximum Gasteiger partial charge on any atom is 0.326 e. The van der Waals surface area contributed by atoms with Crippen LogP contribution in [0.2, 0.25) is 0 Å². The molecule has 1 amide bonds. The van der Waals surface area contributed by atoms with E-state index >= 15 is 0 Å². The molecule has 0 aliphatic heterocycles. The van der Waals surface area contributed by atoms with Crippen molar-refractivity contribution in [1.29, 1.82) is 0 Å². The van der Waals surface area contributed by atoms with Crippen molar-refractivity contribution >= 4 is 27.8 Å². The maximum absolute atomic E-state index is 12.0. The van der Waals surface area contributed by atoms with E-state index in [1.165, 1.54) is 18.7 Å². The highest BCUT2D eigenvalue weighted by Crippen LogP contribution is 2.12. The zero-order chi connectivity index (χ0) is 14.5. The largest absolute Gasteiger partial charge is 0.480 e. The molecule has 20 heavy (non-hydrogen) atoms. The van der Waals surface area contributed by atoms with Crippen molar-refractivity contribution in [2.75, 3.05) is 0 Å². The highest BCUT2D eigenvalue weighted by atomic mass is 79.9. The number of amides is 1. The van der Waals surface area contributed by atoms with Gasteiger partial charge in [-0.15, -0.1) is 0 Å². The summed E-state index contributed by atoms with van der Waals surface area (Å²) in [5.41, 5.74) is 0.909. The third-order valence-electron chi connectivity index (χ3n) is 2.59.